The summed E-state index contributed by atoms with van der Waals surface area (Å²) >= 11 is 0. The van der Waals surface area contributed by atoms with Gasteiger partial charge in [0.2, 0.25) is 0 Å². The van der Waals surface area contributed by atoms with Crippen LogP contribution in [0.1, 0.15) is 43.6 Å². The van der Waals surface area contributed by atoms with Crippen molar-refractivity contribution in [1.29, 1.82) is 0 Å². The number of aromatic nitrogens is 1. The molecule has 1 heterocycles. The van der Waals surface area contributed by atoms with Gasteiger partial charge in [-0.1, -0.05) is 177 Å². The van der Waals surface area contributed by atoms with Gasteiger partial charge in [-0.05, 0) is 118 Å². The monoisotopic (exact) mass is 770 g/mol. The van der Waals surface area contributed by atoms with E-state index in [1.54, 1.807) is 0 Å². The maximum absolute atomic E-state index is 2.50. The van der Waals surface area contributed by atoms with E-state index in [2.05, 4.69) is 222 Å². The van der Waals surface area contributed by atoms with E-state index in [1.165, 1.54) is 109 Å². The number of benzene rings is 9. The maximum Gasteiger partial charge on any atom is 0.0561 e. The Labute approximate surface area is 352 Å². The van der Waals surface area contributed by atoms with Crippen LogP contribution in [0.5, 0.6) is 0 Å². The van der Waals surface area contributed by atoms with Crippen molar-refractivity contribution in [2.24, 2.45) is 0 Å². The quantitative estimate of drug-likeness (QED) is 0.149. The number of hydrogen-bond donors (Lipinski definition) is 0. The van der Waals surface area contributed by atoms with Crippen LogP contribution < -0.4 is 4.90 Å². The lowest BCUT2D eigenvalue weighted by Gasteiger charge is -2.30. The van der Waals surface area contributed by atoms with Crippen LogP contribution in [0.25, 0.3) is 71.6 Å². The van der Waals surface area contributed by atoms with Gasteiger partial charge in [0.15, 0.2) is 0 Å². The summed E-state index contributed by atoms with van der Waals surface area (Å²) in [6, 6.07) is 78.4. The van der Waals surface area contributed by atoms with Gasteiger partial charge in [0.25, 0.3) is 0 Å². The van der Waals surface area contributed by atoms with Gasteiger partial charge >= 0.3 is 0 Å². The molecule has 1 aliphatic rings. The average Bonchev–Trinajstić information content (AvgIpc) is 3.66. The van der Waals surface area contributed by atoms with Crippen molar-refractivity contribution in [2.75, 3.05) is 4.90 Å². The van der Waals surface area contributed by atoms with Crippen molar-refractivity contribution in [3.63, 3.8) is 0 Å². The number of anilines is 3. The lowest BCUT2D eigenvalue weighted by atomic mass is 9.84. The Morgan fingerprint density at radius 3 is 1.65 bits per heavy atom. The van der Waals surface area contributed by atoms with Gasteiger partial charge in [-0.25, -0.2) is 0 Å². The molecule has 288 valence electrons. The highest BCUT2D eigenvalue weighted by molar-refractivity contribution is 6.11. The topological polar surface area (TPSA) is 8.17 Å². The molecule has 0 spiro atoms. The number of hydrogen-bond acceptors (Lipinski definition) is 1. The van der Waals surface area contributed by atoms with E-state index < -0.39 is 0 Å². The zero-order chi connectivity index (χ0) is 39.8. The summed E-state index contributed by atoms with van der Waals surface area (Å²) in [6.45, 7) is 0. The Hall–Kier alpha value is -7.16. The third-order valence-corrected chi connectivity index (χ3v) is 12.7. The minimum atomic E-state index is 0.666. The molecular weight excluding hydrogens is 725 g/mol. The number of para-hydroxylation sites is 1. The molecule has 0 saturated heterocycles. The van der Waals surface area contributed by atoms with Gasteiger partial charge in [0, 0.05) is 33.4 Å². The normalized spacial score (nSPS) is 13.3. The molecule has 9 aromatic carbocycles. The van der Waals surface area contributed by atoms with Crippen molar-refractivity contribution >= 4 is 49.6 Å². The molecule has 60 heavy (non-hydrogen) atoms. The van der Waals surface area contributed by atoms with Gasteiger partial charge in [0.05, 0.1) is 16.7 Å². The zero-order valence-corrected chi connectivity index (χ0v) is 33.7. The molecule has 1 saturated carbocycles. The van der Waals surface area contributed by atoms with Crippen LogP contribution >= 0.6 is 0 Å². The van der Waals surface area contributed by atoms with Crippen LogP contribution in [0.3, 0.4) is 0 Å². The Bertz CT molecular complexity index is 3040. The minimum Gasteiger partial charge on any atom is -0.310 e. The summed E-state index contributed by atoms with van der Waals surface area (Å²) in [6.07, 6.45) is 6.63. The Kier molecular flexibility index (Phi) is 9.32. The van der Waals surface area contributed by atoms with Crippen molar-refractivity contribution in [1.82, 2.24) is 4.57 Å². The largest absolute Gasteiger partial charge is 0.310 e. The van der Waals surface area contributed by atoms with Crippen molar-refractivity contribution in [3.8, 4) is 39.1 Å². The SMILES string of the molecule is c1ccc(-c2cc(-c3ccccc3)cc(N(c3ccc4c5ccccc5n(-c5ccc(C6CCCCC6)cc5)c4c3)c3ccc4ccccc4c3-c3ccccc3)c2)cc1. The summed E-state index contributed by atoms with van der Waals surface area (Å²) in [7, 11) is 0. The molecule has 0 atom stereocenters. The van der Waals surface area contributed by atoms with E-state index >= 15 is 0 Å². The standard InChI is InChI=1S/C58H46N2/c1-5-17-41(18-6-1)44-29-32-49(33-30-44)60-55-28-16-15-27-53(55)54-35-34-50(40-57(54)60)59(56-36-31-45-23-13-14-26-52(45)58(56)46-24-11-4-12-25-46)51-38-47(42-19-7-2-8-20-42)37-48(39-51)43-21-9-3-10-22-43/h2-4,7-16,19-41H,1,5-6,17-18H2. The first-order valence-electron chi connectivity index (χ1n) is 21.5. The molecule has 10 aromatic rings. The molecule has 1 fully saturated rings. The van der Waals surface area contributed by atoms with E-state index in [9.17, 15) is 0 Å². The summed E-state index contributed by atoms with van der Waals surface area (Å²) in [4.78, 5) is 2.50. The van der Waals surface area contributed by atoms with Crippen LogP contribution in [0.4, 0.5) is 17.1 Å². The first-order valence-corrected chi connectivity index (χ1v) is 21.5. The fourth-order valence-electron chi connectivity index (χ4n) is 9.82. The second-order valence-corrected chi connectivity index (χ2v) is 16.4. The van der Waals surface area contributed by atoms with Crippen LogP contribution in [0.2, 0.25) is 0 Å². The zero-order valence-electron chi connectivity index (χ0n) is 33.7. The first-order chi connectivity index (χ1) is 29.8. The lowest BCUT2D eigenvalue weighted by molar-refractivity contribution is 0.443. The van der Waals surface area contributed by atoms with E-state index in [4.69, 9.17) is 0 Å². The molecule has 1 aromatic heterocycles. The number of fused-ring (bicyclic) bond motifs is 4. The van der Waals surface area contributed by atoms with E-state index in [1.807, 2.05) is 0 Å². The highest BCUT2D eigenvalue weighted by Crippen LogP contribution is 2.47. The van der Waals surface area contributed by atoms with Gasteiger partial charge < -0.3 is 9.47 Å². The number of nitrogens with zero attached hydrogens (tertiary/aromatic N) is 2. The van der Waals surface area contributed by atoms with Crippen molar-refractivity contribution in [3.05, 3.63) is 218 Å². The third-order valence-electron chi connectivity index (χ3n) is 12.7. The molecule has 0 N–H and O–H groups in total. The highest BCUT2D eigenvalue weighted by Gasteiger charge is 2.23. The van der Waals surface area contributed by atoms with Crippen LogP contribution in [0.15, 0.2) is 212 Å². The second-order valence-electron chi connectivity index (χ2n) is 16.4. The van der Waals surface area contributed by atoms with E-state index in [0.717, 1.165) is 17.1 Å². The summed E-state index contributed by atoms with van der Waals surface area (Å²) in [5.41, 5.74) is 15.5. The van der Waals surface area contributed by atoms with Crippen molar-refractivity contribution in [2.45, 2.75) is 38.0 Å². The third kappa shape index (κ3) is 6.55. The average molecular weight is 771 g/mol. The molecule has 2 nitrogen and oxygen atoms in total. The smallest absolute Gasteiger partial charge is 0.0561 e. The first kappa shape index (κ1) is 36.0. The van der Waals surface area contributed by atoms with Gasteiger partial charge in [0.1, 0.15) is 0 Å². The maximum atomic E-state index is 2.50. The predicted molar refractivity (Wildman–Crippen MR) is 255 cm³/mol. The summed E-state index contributed by atoms with van der Waals surface area (Å²) in [5, 5.41) is 4.95. The highest BCUT2D eigenvalue weighted by atomic mass is 15.1. The summed E-state index contributed by atoms with van der Waals surface area (Å²) < 4.78 is 2.48. The second kappa shape index (κ2) is 15.5. The van der Waals surface area contributed by atoms with Gasteiger partial charge in [-0.15, -0.1) is 0 Å². The van der Waals surface area contributed by atoms with Crippen molar-refractivity contribution < 1.29 is 0 Å². The Morgan fingerprint density at radius 2 is 0.967 bits per heavy atom. The van der Waals surface area contributed by atoms with Crippen LogP contribution in [-0.4, -0.2) is 4.57 Å². The fourth-order valence-corrected chi connectivity index (χ4v) is 9.82. The van der Waals surface area contributed by atoms with E-state index in [0.29, 0.717) is 5.92 Å². The molecular formula is C58H46N2. The van der Waals surface area contributed by atoms with Gasteiger partial charge in [-0.2, -0.15) is 0 Å². The molecule has 0 unspecified atom stereocenters. The Morgan fingerprint density at radius 1 is 0.383 bits per heavy atom. The molecule has 2 heteroatoms. The molecule has 11 rings (SSSR count). The predicted octanol–water partition coefficient (Wildman–Crippen LogP) is 16.5. The molecule has 0 radical (unpaired) electrons. The van der Waals surface area contributed by atoms with Crippen LogP contribution in [0, 0.1) is 0 Å². The van der Waals surface area contributed by atoms with Crippen LogP contribution in [-0.2, 0) is 0 Å². The molecule has 1 aliphatic carbocycles. The Balaban J connectivity index is 1.19. The molecule has 0 amide bonds. The van der Waals surface area contributed by atoms with E-state index in [-0.39, 0.29) is 0 Å². The minimum absolute atomic E-state index is 0.666. The lowest BCUT2D eigenvalue weighted by Crippen LogP contribution is -2.12. The summed E-state index contributed by atoms with van der Waals surface area (Å²) in [5.74, 6) is 0.666. The molecule has 0 aliphatic heterocycles. The van der Waals surface area contributed by atoms with Gasteiger partial charge in [-0.3, -0.25) is 0 Å². The fraction of sp³-hybridized carbons (Fsp3) is 0.103. The molecule has 0 bridgehead atoms. The number of rotatable bonds is 8.